The van der Waals surface area contributed by atoms with Crippen LogP contribution in [-0.2, 0) is 13.0 Å². The summed E-state index contributed by atoms with van der Waals surface area (Å²) in [7, 11) is 1.61. The summed E-state index contributed by atoms with van der Waals surface area (Å²) >= 11 is 0. The monoisotopic (exact) mass is 401 g/mol. The van der Waals surface area contributed by atoms with Crippen molar-refractivity contribution in [2.24, 2.45) is 0 Å². The molecule has 0 unspecified atom stereocenters. The van der Waals surface area contributed by atoms with Crippen molar-refractivity contribution in [2.75, 3.05) is 7.11 Å². The van der Waals surface area contributed by atoms with Gasteiger partial charge in [0.1, 0.15) is 17.1 Å². The number of benzene rings is 2. The number of carbonyl (C=O) groups is 1. The second kappa shape index (κ2) is 8.29. The highest BCUT2D eigenvalue weighted by Crippen LogP contribution is 2.18. The predicted molar refractivity (Wildman–Crippen MR) is 117 cm³/mol. The summed E-state index contributed by atoms with van der Waals surface area (Å²) in [4.78, 5) is 28.4. The molecule has 0 aliphatic carbocycles. The number of nitrogens with one attached hydrogen (secondary N) is 2. The molecule has 0 aliphatic heterocycles. The minimum atomic E-state index is -0.241. The van der Waals surface area contributed by atoms with Gasteiger partial charge in [-0.05, 0) is 53.9 Å². The zero-order chi connectivity index (χ0) is 21.1. The highest BCUT2D eigenvalue weighted by molar-refractivity contribution is 5.97. The number of aromatic nitrogens is 2. The normalized spacial score (nSPS) is 10.9. The SMILES string of the molecule is CCc1ccc(-n2c(=O)ccc3cc(C(=O)NCc4cccc(OC)c4)[nH]c32)cc1. The molecule has 2 aromatic carbocycles. The Morgan fingerprint density at radius 3 is 2.57 bits per heavy atom. The number of H-pyrrole nitrogens is 1. The molecule has 6 nitrogen and oxygen atoms in total. The molecule has 152 valence electrons. The van der Waals surface area contributed by atoms with E-state index in [1.165, 1.54) is 11.6 Å². The van der Waals surface area contributed by atoms with Gasteiger partial charge in [-0.15, -0.1) is 0 Å². The van der Waals surface area contributed by atoms with Gasteiger partial charge in [0.15, 0.2) is 0 Å². The fraction of sp³-hybridized carbons (Fsp3) is 0.167. The molecule has 2 aromatic heterocycles. The maximum Gasteiger partial charge on any atom is 0.268 e. The van der Waals surface area contributed by atoms with Crippen molar-refractivity contribution in [1.29, 1.82) is 0 Å². The summed E-state index contributed by atoms with van der Waals surface area (Å²) in [6, 6.07) is 20.4. The van der Waals surface area contributed by atoms with Gasteiger partial charge in [-0.1, -0.05) is 31.2 Å². The molecule has 6 heteroatoms. The van der Waals surface area contributed by atoms with E-state index in [0.29, 0.717) is 17.9 Å². The third kappa shape index (κ3) is 3.85. The number of amides is 1. The van der Waals surface area contributed by atoms with Gasteiger partial charge in [0.05, 0.1) is 12.8 Å². The molecule has 4 aromatic rings. The summed E-state index contributed by atoms with van der Waals surface area (Å²) in [5.41, 5.74) is 3.73. The first kappa shape index (κ1) is 19.5. The molecule has 0 bridgehead atoms. The van der Waals surface area contributed by atoms with Crippen LogP contribution in [0.4, 0.5) is 0 Å². The van der Waals surface area contributed by atoms with E-state index in [-0.39, 0.29) is 11.5 Å². The molecular formula is C24H23N3O3. The standard InChI is InChI=1S/C24H23N3O3/c1-3-16-7-10-19(11-8-16)27-22(28)12-9-18-14-21(26-23(18)27)24(29)25-15-17-5-4-6-20(13-17)30-2/h4-14,26H,3,15H2,1-2H3,(H,25,29). The molecule has 0 fully saturated rings. The van der Waals surface area contributed by atoms with Gasteiger partial charge in [0.2, 0.25) is 0 Å². The molecule has 4 rings (SSSR count). The summed E-state index contributed by atoms with van der Waals surface area (Å²) in [5.74, 6) is 0.500. The number of pyridine rings is 1. The molecule has 2 heterocycles. The molecule has 30 heavy (non-hydrogen) atoms. The second-order valence-corrected chi connectivity index (χ2v) is 7.05. The zero-order valence-electron chi connectivity index (χ0n) is 16.9. The molecule has 0 spiro atoms. The number of aryl methyl sites for hydroxylation is 1. The van der Waals surface area contributed by atoms with E-state index in [0.717, 1.165) is 28.8 Å². The average molecular weight is 401 g/mol. The minimum Gasteiger partial charge on any atom is -0.497 e. The van der Waals surface area contributed by atoms with Crippen molar-refractivity contribution in [3.63, 3.8) is 0 Å². The first-order valence-electron chi connectivity index (χ1n) is 9.84. The van der Waals surface area contributed by atoms with Crippen molar-refractivity contribution in [1.82, 2.24) is 14.9 Å². The third-order valence-corrected chi connectivity index (χ3v) is 5.11. The Morgan fingerprint density at radius 2 is 1.83 bits per heavy atom. The van der Waals surface area contributed by atoms with Crippen LogP contribution in [0, 0.1) is 0 Å². The van der Waals surface area contributed by atoms with E-state index < -0.39 is 0 Å². The molecule has 0 saturated heterocycles. The maximum atomic E-state index is 12.7. The van der Waals surface area contributed by atoms with Crippen molar-refractivity contribution >= 4 is 16.9 Å². The van der Waals surface area contributed by atoms with Crippen LogP contribution in [0.1, 0.15) is 28.5 Å². The Morgan fingerprint density at radius 1 is 1.03 bits per heavy atom. The minimum absolute atomic E-state index is 0.156. The summed E-state index contributed by atoms with van der Waals surface area (Å²) in [5, 5.41) is 3.70. The quantitative estimate of drug-likeness (QED) is 0.516. The van der Waals surface area contributed by atoms with E-state index in [9.17, 15) is 9.59 Å². The Bertz CT molecular complexity index is 1250. The van der Waals surface area contributed by atoms with E-state index in [1.807, 2.05) is 48.5 Å². The maximum absolute atomic E-state index is 12.7. The lowest BCUT2D eigenvalue weighted by atomic mass is 10.1. The number of nitrogens with zero attached hydrogens (tertiary/aromatic N) is 1. The largest absolute Gasteiger partial charge is 0.497 e. The third-order valence-electron chi connectivity index (χ3n) is 5.11. The Hall–Kier alpha value is -3.80. The van der Waals surface area contributed by atoms with Crippen molar-refractivity contribution in [3.8, 4) is 11.4 Å². The van der Waals surface area contributed by atoms with Gasteiger partial charge in [0.25, 0.3) is 11.5 Å². The number of aromatic amines is 1. The lowest BCUT2D eigenvalue weighted by molar-refractivity contribution is 0.0946. The van der Waals surface area contributed by atoms with Gasteiger partial charge in [0, 0.05) is 18.0 Å². The molecule has 0 atom stereocenters. The van der Waals surface area contributed by atoms with Gasteiger partial charge in [-0.2, -0.15) is 0 Å². The van der Waals surface area contributed by atoms with Crippen molar-refractivity contribution in [3.05, 3.63) is 93.9 Å². The highest BCUT2D eigenvalue weighted by atomic mass is 16.5. The fourth-order valence-electron chi connectivity index (χ4n) is 3.44. The molecule has 2 N–H and O–H groups in total. The first-order valence-corrected chi connectivity index (χ1v) is 9.84. The van der Waals surface area contributed by atoms with Crippen LogP contribution in [0.3, 0.4) is 0 Å². The van der Waals surface area contributed by atoms with Gasteiger partial charge in [-0.3, -0.25) is 14.2 Å². The van der Waals surface area contributed by atoms with Crippen molar-refractivity contribution in [2.45, 2.75) is 19.9 Å². The molecule has 0 radical (unpaired) electrons. The Kier molecular flexibility index (Phi) is 5.39. The number of hydrogen-bond acceptors (Lipinski definition) is 3. The van der Waals surface area contributed by atoms with Crippen LogP contribution in [0.25, 0.3) is 16.7 Å². The number of carbonyl (C=O) groups excluding carboxylic acids is 1. The Balaban J connectivity index is 1.62. The van der Waals surface area contributed by atoms with Crippen molar-refractivity contribution < 1.29 is 9.53 Å². The van der Waals surface area contributed by atoms with Crippen LogP contribution in [0.15, 0.2) is 71.5 Å². The van der Waals surface area contributed by atoms with E-state index >= 15 is 0 Å². The topological polar surface area (TPSA) is 76.1 Å². The number of hydrogen-bond donors (Lipinski definition) is 2. The second-order valence-electron chi connectivity index (χ2n) is 7.05. The smallest absolute Gasteiger partial charge is 0.268 e. The van der Waals surface area contributed by atoms with Gasteiger partial charge < -0.3 is 15.0 Å². The molecular weight excluding hydrogens is 378 g/mol. The van der Waals surface area contributed by atoms with E-state index in [2.05, 4.69) is 17.2 Å². The average Bonchev–Trinajstić information content (AvgIpc) is 3.22. The lowest BCUT2D eigenvalue weighted by Gasteiger charge is -2.08. The molecule has 1 amide bonds. The summed E-state index contributed by atoms with van der Waals surface area (Å²) < 4.78 is 6.81. The summed E-state index contributed by atoms with van der Waals surface area (Å²) in [6.45, 7) is 2.46. The predicted octanol–water partition coefficient (Wildman–Crippen LogP) is 3.82. The molecule has 0 saturated carbocycles. The van der Waals surface area contributed by atoms with Crippen LogP contribution in [0.2, 0.25) is 0 Å². The van der Waals surface area contributed by atoms with Crippen LogP contribution in [-0.4, -0.2) is 22.6 Å². The van der Waals surface area contributed by atoms with Gasteiger partial charge in [-0.25, -0.2) is 0 Å². The number of methoxy groups -OCH3 is 1. The lowest BCUT2D eigenvalue weighted by Crippen LogP contribution is -2.23. The number of fused-ring (bicyclic) bond motifs is 1. The van der Waals surface area contributed by atoms with E-state index in [1.54, 1.807) is 23.8 Å². The molecule has 0 aliphatic rings. The van der Waals surface area contributed by atoms with Crippen LogP contribution >= 0.6 is 0 Å². The zero-order valence-corrected chi connectivity index (χ0v) is 16.9. The van der Waals surface area contributed by atoms with Gasteiger partial charge >= 0.3 is 0 Å². The Labute approximate surface area is 174 Å². The number of rotatable bonds is 6. The van der Waals surface area contributed by atoms with Crippen LogP contribution < -0.4 is 15.6 Å². The summed E-state index contributed by atoms with van der Waals surface area (Å²) in [6.07, 6.45) is 0.930. The van der Waals surface area contributed by atoms with Crippen LogP contribution in [0.5, 0.6) is 5.75 Å². The first-order chi connectivity index (χ1) is 14.6. The highest BCUT2D eigenvalue weighted by Gasteiger charge is 2.13. The fourth-order valence-corrected chi connectivity index (χ4v) is 3.44. The van der Waals surface area contributed by atoms with E-state index in [4.69, 9.17) is 4.74 Å². The number of ether oxygens (including phenoxy) is 1.